The summed E-state index contributed by atoms with van der Waals surface area (Å²) in [4.78, 5) is 23.7. The summed E-state index contributed by atoms with van der Waals surface area (Å²) < 4.78 is 11.9. The third-order valence-corrected chi connectivity index (χ3v) is 6.66. The summed E-state index contributed by atoms with van der Waals surface area (Å²) in [7, 11) is 0. The second-order valence-electron chi connectivity index (χ2n) is 8.01. The Bertz CT molecular complexity index is 1040. The van der Waals surface area contributed by atoms with Crippen LogP contribution in [0.3, 0.4) is 0 Å². The molecular weight excluding hydrogens is 388 g/mol. The highest BCUT2D eigenvalue weighted by Gasteiger charge is 2.34. The number of hydrogen-bond acceptors (Lipinski definition) is 7. The van der Waals surface area contributed by atoms with Crippen LogP contribution in [0.2, 0.25) is 0 Å². The summed E-state index contributed by atoms with van der Waals surface area (Å²) in [6.07, 6.45) is 4.40. The summed E-state index contributed by atoms with van der Waals surface area (Å²) >= 11 is 1.62. The number of nitrogens with zero attached hydrogens (tertiary/aromatic N) is 3. The summed E-state index contributed by atoms with van der Waals surface area (Å²) in [5.41, 5.74) is 1.66. The van der Waals surface area contributed by atoms with E-state index >= 15 is 0 Å². The number of benzene rings is 1. The zero-order chi connectivity index (χ0) is 20.0. The molecule has 1 aliphatic carbocycles. The molecule has 1 aromatic carbocycles. The molecule has 5 rings (SSSR count). The summed E-state index contributed by atoms with van der Waals surface area (Å²) in [6, 6.07) is 5.86. The molecule has 152 valence electrons. The number of oxazole rings is 1. The van der Waals surface area contributed by atoms with Crippen molar-refractivity contribution in [2.45, 2.75) is 38.6 Å². The highest BCUT2D eigenvalue weighted by molar-refractivity contribution is 7.15. The maximum Gasteiger partial charge on any atom is 0.217 e. The van der Waals surface area contributed by atoms with Gasteiger partial charge in [-0.25, -0.2) is 9.97 Å². The number of carbonyl (C=O) groups excluding carboxylic acids is 1. The largest absolute Gasteiger partial charge is 0.493 e. The van der Waals surface area contributed by atoms with Crippen molar-refractivity contribution in [1.29, 1.82) is 0 Å². The molecule has 1 saturated heterocycles. The number of amides is 1. The fourth-order valence-corrected chi connectivity index (χ4v) is 4.41. The Hall–Kier alpha value is -2.61. The maximum atomic E-state index is 11.2. The number of fused-ring (bicyclic) bond motifs is 1. The summed E-state index contributed by atoms with van der Waals surface area (Å²) in [6.45, 7) is 5.96. The second-order valence-corrected chi connectivity index (χ2v) is 9.05. The van der Waals surface area contributed by atoms with Gasteiger partial charge in [0.2, 0.25) is 11.8 Å². The first kappa shape index (κ1) is 18.4. The van der Waals surface area contributed by atoms with Crippen LogP contribution in [-0.2, 0) is 4.79 Å². The van der Waals surface area contributed by atoms with E-state index in [4.69, 9.17) is 9.15 Å². The summed E-state index contributed by atoms with van der Waals surface area (Å²) in [5, 5.41) is 3.87. The molecule has 1 unspecified atom stereocenters. The van der Waals surface area contributed by atoms with Crippen LogP contribution < -0.4 is 15.0 Å². The molecule has 2 aliphatic rings. The molecule has 8 heteroatoms. The molecule has 2 aromatic heterocycles. The lowest BCUT2D eigenvalue weighted by Crippen LogP contribution is -2.45. The topological polar surface area (TPSA) is 80.5 Å². The second kappa shape index (κ2) is 7.33. The molecule has 29 heavy (non-hydrogen) atoms. The SMILES string of the molecule is CC(=O)NC(C)c1cnc(N2CC(c3nc4ccc(OCC5CC5)cc4o3)C2)s1. The van der Waals surface area contributed by atoms with Gasteiger partial charge in [0.05, 0.1) is 18.6 Å². The quantitative estimate of drug-likeness (QED) is 0.634. The molecule has 2 fully saturated rings. The predicted octanol–water partition coefficient (Wildman–Crippen LogP) is 3.87. The van der Waals surface area contributed by atoms with Crippen LogP contribution in [0, 0.1) is 5.92 Å². The van der Waals surface area contributed by atoms with Gasteiger partial charge >= 0.3 is 0 Å². The van der Waals surface area contributed by atoms with E-state index in [0.717, 1.165) is 58.4 Å². The van der Waals surface area contributed by atoms with Crippen LogP contribution in [0.25, 0.3) is 11.1 Å². The van der Waals surface area contributed by atoms with Crippen LogP contribution in [0.5, 0.6) is 5.75 Å². The first-order valence-corrected chi connectivity index (χ1v) is 10.9. The van der Waals surface area contributed by atoms with E-state index in [1.165, 1.54) is 19.8 Å². The van der Waals surface area contributed by atoms with Crippen molar-refractivity contribution in [2.75, 3.05) is 24.6 Å². The van der Waals surface area contributed by atoms with E-state index in [-0.39, 0.29) is 17.9 Å². The molecule has 3 heterocycles. The van der Waals surface area contributed by atoms with Gasteiger partial charge in [0.25, 0.3) is 0 Å². The number of hydrogen-bond donors (Lipinski definition) is 1. The number of nitrogens with one attached hydrogen (secondary N) is 1. The predicted molar refractivity (Wildman–Crippen MR) is 112 cm³/mol. The van der Waals surface area contributed by atoms with E-state index in [2.05, 4.69) is 20.2 Å². The first-order valence-electron chi connectivity index (χ1n) is 10.1. The van der Waals surface area contributed by atoms with Gasteiger partial charge in [-0.3, -0.25) is 4.79 Å². The number of aromatic nitrogens is 2. The Morgan fingerprint density at radius 2 is 2.24 bits per heavy atom. The Balaban J connectivity index is 1.21. The van der Waals surface area contributed by atoms with Gasteiger partial charge in [0.15, 0.2) is 10.7 Å². The minimum Gasteiger partial charge on any atom is -0.493 e. The maximum absolute atomic E-state index is 11.2. The Morgan fingerprint density at radius 1 is 1.41 bits per heavy atom. The zero-order valence-electron chi connectivity index (χ0n) is 16.6. The van der Waals surface area contributed by atoms with Gasteiger partial charge in [-0.1, -0.05) is 11.3 Å². The highest BCUT2D eigenvalue weighted by atomic mass is 32.1. The molecule has 1 aliphatic heterocycles. The molecule has 1 saturated carbocycles. The highest BCUT2D eigenvalue weighted by Crippen LogP contribution is 2.36. The van der Waals surface area contributed by atoms with Crippen molar-refractivity contribution >= 4 is 33.5 Å². The normalized spacial score (nSPS) is 17.9. The van der Waals surface area contributed by atoms with Crippen molar-refractivity contribution in [1.82, 2.24) is 15.3 Å². The van der Waals surface area contributed by atoms with E-state index in [1.54, 1.807) is 11.3 Å². The van der Waals surface area contributed by atoms with Crippen molar-refractivity contribution in [2.24, 2.45) is 5.92 Å². The fraction of sp³-hybridized carbons (Fsp3) is 0.476. The number of anilines is 1. The van der Waals surface area contributed by atoms with Gasteiger partial charge in [-0.2, -0.15) is 0 Å². The van der Waals surface area contributed by atoms with E-state index in [9.17, 15) is 4.79 Å². The van der Waals surface area contributed by atoms with Gasteiger partial charge in [0, 0.05) is 37.2 Å². The Morgan fingerprint density at radius 3 is 3.00 bits per heavy atom. The van der Waals surface area contributed by atoms with Crippen LogP contribution in [-0.4, -0.2) is 35.6 Å². The van der Waals surface area contributed by atoms with Gasteiger partial charge in [-0.15, -0.1) is 0 Å². The van der Waals surface area contributed by atoms with Crippen molar-refractivity contribution in [3.8, 4) is 5.75 Å². The monoisotopic (exact) mass is 412 g/mol. The lowest BCUT2D eigenvalue weighted by molar-refractivity contribution is -0.119. The minimum atomic E-state index is -0.0338. The number of rotatable bonds is 7. The Labute approximate surface area is 173 Å². The average molecular weight is 413 g/mol. The summed E-state index contributed by atoms with van der Waals surface area (Å²) in [5.74, 6) is 2.58. The van der Waals surface area contributed by atoms with Crippen molar-refractivity contribution < 1.29 is 13.9 Å². The van der Waals surface area contributed by atoms with E-state index < -0.39 is 0 Å². The van der Waals surface area contributed by atoms with Crippen molar-refractivity contribution in [3.63, 3.8) is 0 Å². The number of carbonyl (C=O) groups is 1. The van der Waals surface area contributed by atoms with Crippen LogP contribution in [0.1, 0.15) is 49.4 Å². The van der Waals surface area contributed by atoms with Crippen molar-refractivity contribution in [3.05, 3.63) is 35.2 Å². The molecular formula is C21H24N4O3S. The van der Waals surface area contributed by atoms with Crippen LogP contribution in [0.4, 0.5) is 5.13 Å². The minimum absolute atomic E-state index is 0.0239. The molecule has 0 bridgehead atoms. The van der Waals surface area contributed by atoms with E-state index in [0.29, 0.717) is 0 Å². The molecule has 1 amide bonds. The lowest BCUT2D eigenvalue weighted by atomic mass is 10.0. The molecule has 0 spiro atoms. The lowest BCUT2D eigenvalue weighted by Gasteiger charge is -2.37. The first-order chi connectivity index (χ1) is 14.0. The zero-order valence-corrected chi connectivity index (χ0v) is 17.4. The van der Waals surface area contributed by atoms with E-state index in [1.807, 2.05) is 31.3 Å². The van der Waals surface area contributed by atoms with Crippen LogP contribution in [0.15, 0.2) is 28.8 Å². The molecule has 3 aromatic rings. The molecule has 0 radical (unpaired) electrons. The standard InChI is InChI=1S/C21H24N4O3S/c1-12(23-13(2)26)19-8-22-21(29-19)25-9-15(10-25)20-24-17-6-5-16(7-18(17)28-20)27-11-14-3-4-14/h5-8,12,14-15H,3-4,9-11H2,1-2H3,(H,23,26). The van der Waals surface area contributed by atoms with Gasteiger partial charge in [-0.05, 0) is 37.8 Å². The molecule has 1 atom stereocenters. The Kier molecular flexibility index (Phi) is 4.66. The third-order valence-electron chi connectivity index (χ3n) is 5.42. The van der Waals surface area contributed by atoms with Gasteiger partial charge in [0.1, 0.15) is 11.3 Å². The smallest absolute Gasteiger partial charge is 0.217 e. The fourth-order valence-electron chi connectivity index (χ4n) is 3.48. The average Bonchev–Trinajstić information content (AvgIpc) is 3.18. The van der Waals surface area contributed by atoms with Gasteiger partial charge < -0.3 is 19.4 Å². The number of ether oxygens (including phenoxy) is 1. The molecule has 1 N–H and O–H groups in total. The molecule has 7 nitrogen and oxygen atoms in total. The third kappa shape index (κ3) is 3.94. The number of thiazole rings is 1. The van der Waals surface area contributed by atoms with Crippen LogP contribution >= 0.6 is 11.3 Å².